The molecule has 2 fully saturated rings. The van der Waals surface area contributed by atoms with Crippen LogP contribution in [0.5, 0.6) is 0 Å². The monoisotopic (exact) mass is 265 g/mol. The van der Waals surface area contributed by atoms with Gasteiger partial charge in [-0.25, -0.2) is 0 Å². The Hall–Kier alpha value is -0.290. The SMILES string of the molecule is FC(F)(F)COCCCNCC(C1CC1)C1CC1. The van der Waals surface area contributed by atoms with E-state index in [9.17, 15) is 13.2 Å². The Morgan fingerprint density at radius 1 is 1.11 bits per heavy atom. The molecule has 106 valence electrons. The lowest BCUT2D eigenvalue weighted by molar-refractivity contribution is -0.173. The maximum Gasteiger partial charge on any atom is 0.411 e. The zero-order valence-corrected chi connectivity index (χ0v) is 10.6. The van der Waals surface area contributed by atoms with Crippen LogP contribution in [0, 0.1) is 17.8 Å². The van der Waals surface area contributed by atoms with Gasteiger partial charge in [-0.15, -0.1) is 0 Å². The van der Waals surface area contributed by atoms with Crippen LogP contribution in [0.25, 0.3) is 0 Å². The lowest BCUT2D eigenvalue weighted by Gasteiger charge is -2.16. The van der Waals surface area contributed by atoms with Crippen molar-refractivity contribution >= 4 is 0 Å². The summed E-state index contributed by atoms with van der Waals surface area (Å²) in [6.45, 7) is 0.853. The summed E-state index contributed by atoms with van der Waals surface area (Å²) in [7, 11) is 0. The first-order chi connectivity index (χ1) is 8.56. The molecule has 0 radical (unpaired) electrons. The smallest absolute Gasteiger partial charge is 0.372 e. The van der Waals surface area contributed by atoms with Crippen molar-refractivity contribution in [3.63, 3.8) is 0 Å². The first-order valence-electron chi connectivity index (χ1n) is 6.91. The van der Waals surface area contributed by atoms with E-state index in [0.717, 1.165) is 30.8 Å². The molecule has 1 N–H and O–H groups in total. The Morgan fingerprint density at radius 2 is 1.72 bits per heavy atom. The molecule has 0 bridgehead atoms. The Morgan fingerprint density at radius 3 is 2.22 bits per heavy atom. The molecular weight excluding hydrogens is 243 g/mol. The highest BCUT2D eigenvalue weighted by Gasteiger charge is 2.40. The van der Waals surface area contributed by atoms with E-state index in [0.29, 0.717) is 6.42 Å². The van der Waals surface area contributed by atoms with E-state index >= 15 is 0 Å². The summed E-state index contributed by atoms with van der Waals surface area (Å²) >= 11 is 0. The highest BCUT2D eigenvalue weighted by molar-refractivity contribution is 4.92. The van der Waals surface area contributed by atoms with Gasteiger partial charge >= 0.3 is 6.18 Å². The minimum absolute atomic E-state index is 0.185. The Kier molecular flexibility index (Phi) is 4.90. The molecule has 0 aliphatic heterocycles. The Labute approximate surface area is 106 Å². The van der Waals surface area contributed by atoms with Gasteiger partial charge in [-0.1, -0.05) is 0 Å². The molecule has 0 heterocycles. The molecule has 0 aromatic carbocycles. The predicted molar refractivity (Wildman–Crippen MR) is 63.3 cm³/mol. The lowest BCUT2D eigenvalue weighted by Crippen LogP contribution is -2.27. The van der Waals surface area contributed by atoms with Crippen molar-refractivity contribution in [3.05, 3.63) is 0 Å². The average Bonchev–Trinajstić information content (AvgIpc) is 3.14. The summed E-state index contributed by atoms with van der Waals surface area (Å²) in [5, 5.41) is 3.36. The highest BCUT2D eigenvalue weighted by Crippen LogP contribution is 2.48. The number of nitrogens with one attached hydrogen (secondary N) is 1. The second-order valence-electron chi connectivity index (χ2n) is 5.56. The van der Waals surface area contributed by atoms with Gasteiger partial charge in [-0.05, 0) is 62.9 Å². The molecule has 2 nitrogen and oxygen atoms in total. The van der Waals surface area contributed by atoms with Crippen LogP contribution < -0.4 is 5.32 Å². The topological polar surface area (TPSA) is 21.3 Å². The molecule has 2 aliphatic rings. The molecule has 0 amide bonds. The lowest BCUT2D eigenvalue weighted by atomic mass is 9.98. The molecular formula is C13H22F3NO. The van der Waals surface area contributed by atoms with Crippen molar-refractivity contribution < 1.29 is 17.9 Å². The van der Waals surface area contributed by atoms with Crippen LogP contribution in [0.2, 0.25) is 0 Å². The van der Waals surface area contributed by atoms with Gasteiger partial charge in [0.2, 0.25) is 0 Å². The van der Waals surface area contributed by atoms with E-state index in [1.807, 2.05) is 0 Å². The second kappa shape index (κ2) is 6.24. The standard InChI is InChI=1S/C13H22F3NO/c14-13(15,16)9-18-7-1-6-17-8-12(10-2-3-10)11-4-5-11/h10-12,17H,1-9H2. The predicted octanol–water partition coefficient (Wildman–Crippen LogP) is 2.98. The van der Waals surface area contributed by atoms with Crippen LogP contribution in [0.1, 0.15) is 32.1 Å². The zero-order chi connectivity index (χ0) is 13.0. The van der Waals surface area contributed by atoms with Crippen molar-refractivity contribution in [2.24, 2.45) is 17.8 Å². The zero-order valence-electron chi connectivity index (χ0n) is 10.6. The van der Waals surface area contributed by atoms with Crippen LogP contribution in [-0.2, 0) is 4.74 Å². The van der Waals surface area contributed by atoms with E-state index in [1.54, 1.807) is 0 Å². The van der Waals surface area contributed by atoms with E-state index in [-0.39, 0.29) is 6.61 Å². The molecule has 2 saturated carbocycles. The Balaban J connectivity index is 1.43. The highest BCUT2D eigenvalue weighted by atomic mass is 19.4. The second-order valence-corrected chi connectivity index (χ2v) is 5.56. The van der Waals surface area contributed by atoms with Gasteiger partial charge in [-0.2, -0.15) is 13.2 Å². The van der Waals surface area contributed by atoms with Gasteiger partial charge in [0.05, 0.1) is 0 Å². The van der Waals surface area contributed by atoms with Crippen molar-refractivity contribution in [3.8, 4) is 0 Å². The molecule has 5 heteroatoms. The minimum Gasteiger partial charge on any atom is -0.372 e. The summed E-state index contributed by atoms with van der Waals surface area (Å²) in [6.07, 6.45) is 1.94. The normalized spacial score (nSPS) is 20.7. The van der Waals surface area contributed by atoms with Gasteiger partial charge in [0.1, 0.15) is 6.61 Å². The van der Waals surface area contributed by atoms with Crippen molar-refractivity contribution in [1.29, 1.82) is 0 Å². The molecule has 2 aliphatic carbocycles. The summed E-state index contributed by atoms with van der Waals surface area (Å²) in [5.74, 6) is 2.67. The number of ether oxygens (including phenoxy) is 1. The van der Waals surface area contributed by atoms with Crippen molar-refractivity contribution in [2.45, 2.75) is 38.3 Å². The molecule has 2 rings (SSSR count). The fraction of sp³-hybridized carbons (Fsp3) is 1.00. The van der Waals surface area contributed by atoms with E-state index < -0.39 is 12.8 Å². The van der Waals surface area contributed by atoms with E-state index in [2.05, 4.69) is 10.1 Å². The molecule has 0 atom stereocenters. The van der Waals surface area contributed by atoms with Crippen LogP contribution in [0.4, 0.5) is 13.2 Å². The van der Waals surface area contributed by atoms with E-state index in [4.69, 9.17) is 0 Å². The number of hydrogen-bond donors (Lipinski definition) is 1. The summed E-state index contributed by atoms with van der Waals surface area (Å²) in [4.78, 5) is 0. The van der Waals surface area contributed by atoms with Gasteiger partial charge in [0.15, 0.2) is 0 Å². The fourth-order valence-corrected chi connectivity index (χ4v) is 2.52. The van der Waals surface area contributed by atoms with Crippen LogP contribution in [0.15, 0.2) is 0 Å². The van der Waals surface area contributed by atoms with Crippen LogP contribution in [0.3, 0.4) is 0 Å². The third-order valence-electron chi connectivity index (χ3n) is 3.74. The maximum absolute atomic E-state index is 11.8. The molecule has 0 spiro atoms. The fourth-order valence-electron chi connectivity index (χ4n) is 2.52. The largest absolute Gasteiger partial charge is 0.411 e. The Bertz CT molecular complexity index is 237. The van der Waals surface area contributed by atoms with Gasteiger partial charge in [-0.3, -0.25) is 0 Å². The number of rotatable bonds is 9. The first-order valence-corrected chi connectivity index (χ1v) is 6.91. The van der Waals surface area contributed by atoms with Gasteiger partial charge in [0, 0.05) is 6.61 Å². The molecule has 0 saturated heterocycles. The van der Waals surface area contributed by atoms with Gasteiger partial charge < -0.3 is 10.1 Å². The van der Waals surface area contributed by atoms with Crippen LogP contribution >= 0.6 is 0 Å². The summed E-state index contributed by atoms with van der Waals surface area (Å²) < 4.78 is 39.9. The minimum atomic E-state index is -4.20. The van der Waals surface area contributed by atoms with Crippen LogP contribution in [-0.4, -0.2) is 32.5 Å². The first kappa shape index (κ1) is 14.1. The maximum atomic E-state index is 11.8. The number of halogens is 3. The van der Waals surface area contributed by atoms with Crippen molar-refractivity contribution in [1.82, 2.24) is 5.32 Å². The van der Waals surface area contributed by atoms with Gasteiger partial charge in [0.25, 0.3) is 0 Å². The quantitative estimate of drug-likeness (QED) is 0.647. The molecule has 0 aromatic rings. The number of alkyl halides is 3. The van der Waals surface area contributed by atoms with Crippen molar-refractivity contribution in [2.75, 3.05) is 26.3 Å². The summed E-state index contributed by atoms with van der Waals surface area (Å²) in [5.41, 5.74) is 0. The summed E-state index contributed by atoms with van der Waals surface area (Å²) in [6, 6.07) is 0. The third kappa shape index (κ3) is 5.57. The average molecular weight is 265 g/mol. The molecule has 0 aromatic heterocycles. The molecule has 0 unspecified atom stereocenters. The molecule has 18 heavy (non-hydrogen) atoms. The third-order valence-corrected chi connectivity index (χ3v) is 3.74. The van der Waals surface area contributed by atoms with E-state index in [1.165, 1.54) is 25.7 Å². The number of hydrogen-bond acceptors (Lipinski definition) is 2.